The zero-order valence-corrected chi connectivity index (χ0v) is 11.8. The Hall–Kier alpha value is -0.670. The molecule has 1 atom stereocenters. The Morgan fingerprint density at radius 2 is 2.29 bits per heavy atom. The normalized spacial score (nSPS) is 12.4. The van der Waals surface area contributed by atoms with Gasteiger partial charge in [-0.05, 0) is 43.5 Å². The van der Waals surface area contributed by atoms with Gasteiger partial charge in [-0.1, -0.05) is 35.0 Å². The second-order valence-electron chi connectivity index (χ2n) is 4.00. The summed E-state index contributed by atoms with van der Waals surface area (Å²) in [5.41, 5.74) is 1.12. The maximum Gasteiger partial charge on any atom is 0.124 e. The van der Waals surface area contributed by atoms with Crippen molar-refractivity contribution in [3.05, 3.63) is 46.7 Å². The topological polar surface area (TPSA) is 12.0 Å². The highest BCUT2D eigenvalue weighted by molar-refractivity contribution is 9.10. The molecule has 1 N–H and O–H groups in total. The first-order chi connectivity index (χ1) is 8.19. The molecule has 3 heteroatoms. The SMILES string of the molecule is C=CCCCC(NCC)c1ccc(F)cc1Br. The first kappa shape index (κ1) is 14.4. The molecule has 1 aromatic rings. The molecule has 0 aromatic heterocycles. The Kier molecular flexibility index (Phi) is 6.45. The van der Waals surface area contributed by atoms with Gasteiger partial charge in [-0.25, -0.2) is 4.39 Å². The van der Waals surface area contributed by atoms with Crippen molar-refractivity contribution < 1.29 is 4.39 Å². The Bertz CT molecular complexity index is 365. The van der Waals surface area contributed by atoms with Crippen LogP contribution in [0.25, 0.3) is 0 Å². The number of halogens is 2. The van der Waals surface area contributed by atoms with Crippen molar-refractivity contribution in [3.63, 3.8) is 0 Å². The van der Waals surface area contributed by atoms with E-state index in [1.165, 1.54) is 12.1 Å². The van der Waals surface area contributed by atoms with Crippen LogP contribution in [-0.2, 0) is 0 Å². The van der Waals surface area contributed by atoms with Gasteiger partial charge < -0.3 is 5.32 Å². The van der Waals surface area contributed by atoms with Crippen LogP contribution in [0, 0.1) is 5.82 Å². The van der Waals surface area contributed by atoms with Crippen molar-refractivity contribution in [2.75, 3.05) is 6.54 Å². The number of unbranched alkanes of at least 4 members (excludes halogenated alkanes) is 1. The predicted molar refractivity (Wildman–Crippen MR) is 74.6 cm³/mol. The van der Waals surface area contributed by atoms with Gasteiger partial charge >= 0.3 is 0 Å². The van der Waals surface area contributed by atoms with Crippen molar-refractivity contribution in [2.24, 2.45) is 0 Å². The molecule has 1 nitrogen and oxygen atoms in total. The number of benzene rings is 1. The molecule has 0 spiro atoms. The van der Waals surface area contributed by atoms with E-state index < -0.39 is 0 Å². The molecule has 1 rings (SSSR count). The lowest BCUT2D eigenvalue weighted by molar-refractivity contribution is 0.497. The largest absolute Gasteiger partial charge is 0.310 e. The van der Waals surface area contributed by atoms with Crippen LogP contribution in [0.1, 0.15) is 37.8 Å². The molecular weight excluding hydrogens is 281 g/mol. The van der Waals surface area contributed by atoms with Crippen LogP contribution in [0.2, 0.25) is 0 Å². The van der Waals surface area contributed by atoms with Gasteiger partial charge in [-0.2, -0.15) is 0 Å². The number of allylic oxidation sites excluding steroid dienone is 1. The van der Waals surface area contributed by atoms with Crippen molar-refractivity contribution in [1.29, 1.82) is 0 Å². The van der Waals surface area contributed by atoms with Crippen molar-refractivity contribution in [1.82, 2.24) is 5.32 Å². The van der Waals surface area contributed by atoms with Gasteiger partial charge in [0.15, 0.2) is 0 Å². The maximum absolute atomic E-state index is 13.0. The zero-order chi connectivity index (χ0) is 12.7. The van der Waals surface area contributed by atoms with E-state index in [9.17, 15) is 4.39 Å². The molecule has 0 heterocycles. The van der Waals surface area contributed by atoms with Crippen molar-refractivity contribution >= 4 is 15.9 Å². The molecular formula is C14H19BrFN. The van der Waals surface area contributed by atoms with E-state index in [0.29, 0.717) is 0 Å². The summed E-state index contributed by atoms with van der Waals surface area (Å²) in [6, 6.07) is 5.15. The first-order valence-corrected chi connectivity index (χ1v) is 6.77. The smallest absolute Gasteiger partial charge is 0.124 e. The molecule has 0 amide bonds. The van der Waals surface area contributed by atoms with E-state index in [2.05, 4.69) is 34.7 Å². The molecule has 17 heavy (non-hydrogen) atoms. The van der Waals surface area contributed by atoms with E-state index in [1.807, 2.05) is 12.1 Å². The predicted octanol–water partition coefficient (Wildman–Crippen LogP) is 4.60. The molecule has 0 radical (unpaired) electrons. The van der Waals surface area contributed by atoms with Gasteiger partial charge in [0, 0.05) is 10.5 Å². The second-order valence-corrected chi connectivity index (χ2v) is 4.85. The molecule has 0 fully saturated rings. The van der Waals surface area contributed by atoms with Crippen LogP contribution >= 0.6 is 15.9 Å². The van der Waals surface area contributed by atoms with Crippen LogP contribution < -0.4 is 5.32 Å². The summed E-state index contributed by atoms with van der Waals surface area (Å²) in [5.74, 6) is -0.207. The summed E-state index contributed by atoms with van der Waals surface area (Å²) in [6.45, 7) is 6.71. The van der Waals surface area contributed by atoms with Crippen molar-refractivity contribution in [2.45, 2.75) is 32.2 Å². The molecule has 94 valence electrons. The van der Waals surface area contributed by atoms with E-state index in [0.717, 1.165) is 35.8 Å². The third kappa shape index (κ3) is 4.60. The summed E-state index contributed by atoms with van der Waals surface area (Å²) in [5, 5.41) is 3.43. The van der Waals surface area contributed by atoms with Gasteiger partial charge in [0.25, 0.3) is 0 Å². The average molecular weight is 300 g/mol. The lowest BCUT2D eigenvalue weighted by Crippen LogP contribution is -2.21. The molecule has 0 saturated heterocycles. The van der Waals surface area contributed by atoms with Crippen LogP contribution in [0.15, 0.2) is 35.3 Å². The monoisotopic (exact) mass is 299 g/mol. The Morgan fingerprint density at radius 3 is 2.88 bits per heavy atom. The van der Waals surface area contributed by atoms with Crippen LogP contribution in [0.3, 0.4) is 0 Å². The van der Waals surface area contributed by atoms with E-state index in [-0.39, 0.29) is 11.9 Å². The second kappa shape index (κ2) is 7.62. The summed E-state index contributed by atoms with van der Waals surface area (Å²) >= 11 is 3.43. The fraction of sp³-hybridized carbons (Fsp3) is 0.429. The minimum Gasteiger partial charge on any atom is -0.310 e. The fourth-order valence-corrected chi connectivity index (χ4v) is 2.49. The average Bonchev–Trinajstić information content (AvgIpc) is 2.28. The summed E-state index contributed by atoms with van der Waals surface area (Å²) in [7, 11) is 0. The number of hydrogen-bond acceptors (Lipinski definition) is 1. The number of nitrogens with one attached hydrogen (secondary N) is 1. The van der Waals surface area contributed by atoms with Crippen LogP contribution in [0.4, 0.5) is 4.39 Å². The van der Waals surface area contributed by atoms with Gasteiger partial charge in [0.1, 0.15) is 5.82 Å². The molecule has 0 aliphatic rings. The highest BCUT2D eigenvalue weighted by Crippen LogP contribution is 2.27. The molecule has 1 aromatic carbocycles. The third-order valence-electron chi connectivity index (χ3n) is 2.69. The minimum atomic E-state index is -0.207. The maximum atomic E-state index is 13.0. The van der Waals surface area contributed by atoms with Crippen molar-refractivity contribution in [3.8, 4) is 0 Å². The summed E-state index contributed by atoms with van der Waals surface area (Å²) < 4.78 is 13.9. The molecule has 0 aliphatic carbocycles. The van der Waals surface area contributed by atoms with Gasteiger partial charge in [-0.15, -0.1) is 6.58 Å². The van der Waals surface area contributed by atoms with Gasteiger partial charge in [0.2, 0.25) is 0 Å². The Balaban J connectivity index is 2.77. The highest BCUT2D eigenvalue weighted by atomic mass is 79.9. The molecule has 0 saturated carbocycles. The Labute approximate surface area is 111 Å². The minimum absolute atomic E-state index is 0.207. The summed E-state index contributed by atoms with van der Waals surface area (Å²) in [4.78, 5) is 0. The first-order valence-electron chi connectivity index (χ1n) is 5.98. The summed E-state index contributed by atoms with van der Waals surface area (Å²) in [6.07, 6.45) is 5.07. The quantitative estimate of drug-likeness (QED) is 0.573. The lowest BCUT2D eigenvalue weighted by atomic mass is 10.0. The van der Waals surface area contributed by atoms with E-state index >= 15 is 0 Å². The standard InChI is InChI=1S/C14H19BrFN/c1-3-5-6-7-14(17-4-2)12-9-8-11(16)10-13(12)15/h3,8-10,14,17H,1,4-7H2,2H3. The van der Waals surface area contributed by atoms with Gasteiger partial charge in [-0.3, -0.25) is 0 Å². The van der Waals surface area contributed by atoms with E-state index in [4.69, 9.17) is 0 Å². The Morgan fingerprint density at radius 1 is 1.53 bits per heavy atom. The molecule has 0 bridgehead atoms. The number of hydrogen-bond donors (Lipinski definition) is 1. The van der Waals surface area contributed by atoms with E-state index in [1.54, 1.807) is 0 Å². The number of rotatable bonds is 7. The lowest BCUT2D eigenvalue weighted by Gasteiger charge is -2.19. The van der Waals surface area contributed by atoms with Gasteiger partial charge in [0.05, 0.1) is 0 Å². The fourth-order valence-electron chi connectivity index (χ4n) is 1.86. The zero-order valence-electron chi connectivity index (χ0n) is 10.2. The third-order valence-corrected chi connectivity index (χ3v) is 3.38. The van der Waals surface area contributed by atoms with Crippen LogP contribution in [0.5, 0.6) is 0 Å². The van der Waals surface area contributed by atoms with Crippen LogP contribution in [-0.4, -0.2) is 6.54 Å². The molecule has 0 aliphatic heterocycles. The highest BCUT2D eigenvalue weighted by Gasteiger charge is 2.13. The molecule has 1 unspecified atom stereocenters.